The summed E-state index contributed by atoms with van der Waals surface area (Å²) in [6.45, 7) is 3.16. The van der Waals surface area contributed by atoms with Crippen molar-refractivity contribution in [3.63, 3.8) is 0 Å². The zero-order valence-corrected chi connectivity index (χ0v) is 10.1. The molecule has 1 saturated heterocycles. The Balaban J connectivity index is 1.95. The van der Waals surface area contributed by atoms with Gasteiger partial charge in [-0.3, -0.25) is 4.79 Å². The smallest absolute Gasteiger partial charge is 0.233 e. The lowest BCUT2D eigenvalue weighted by Gasteiger charge is -2.32. The third-order valence-electron chi connectivity index (χ3n) is 3.22. The maximum absolute atomic E-state index is 12.1. The molecule has 0 aromatic heterocycles. The summed E-state index contributed by atoms with van der Waals surface area (Å²) in [5.74, 6) is 0.545. The standard InChI is InChI=1S/C12H17BN2O2/c1-12(5-2-6-17-8-12)11(16)15-10-4-3-9(13)7-14-10/h4,7,9H,2-3,5-6,8H2,1H3,(H,15,16). The van der Waals surface area contributed by atoms with Gasteiger partial charge in [0.25, 0.3) is 0 Å². The van der Waals surface area contributed by atoms with Crippen LogP contribution in [0.25, 0.3) is 0 Å². The fourth-order valence-corrected chi connectivity index (χ4v) is 2.00. The van der Waals surface area contributed by atoms with Gasteiger partial charge >= 0.3 is 0 Å². The molecule has 0 saturated carbocycles. The first-order valence-corrected chi connectivity index (χ1v) is 5.99. The number of allylic oxidation sites excluding steroid dienone is 1. The third-order valence-corrected chi connectivity index (χ3v) is 3.22. The molecule has 0 spiro atoms. The molecule has 1 amide bonds. The van der Waals surface area contributed by atoms with Gasteiger partial charge in [0.05, 0.1) is 19.9 Å². The Kier molecular flexibility index (Phi) is 3.67. The van der Waals surface area contributed by atoms with Crippen LogP contribution in [-0.4, -0.2) is 33.2 Å². The van der Waals surface area contributed by atoms with Crippen LogP contribution < -0.4 is 5.32 Å². The normalized spacial score (nSPS) is 33.0. The van der Waals surface area contributed by atoms with Crippen LogP contribution in [0, 0.1) is 5.41 Å². The topological polar surface area (TPSA) is 50.7 Å². The van der Waals surface area contributed by atoms with E-state index < -0.39 is 5.41 Å². The Labute approximate surface area is 103 Å². The van der Waals surface area contributed by atoms with E-state index in [1.54, 1.807) is 6.21 Å². The summed E-state index contributed by atoms with van der Waals surface area (Å²) in [6, 6.07) is 0. The van der Waals surface area contributed by atoms with E-state index in [0.29, 0.717) is 18.8 Å². The van der Waals surface area contributed by atoms with Crippen LogP contribution in [0.4, 0.5) is 0 Å². The number of carbonyl (C=O) groups excluding carboxylic acids is 1. The molecule has 2 radical (unpaired) electrons. The second kappa shape index (κ2) is 5.04. The Morgan fingerprint density at radius 2 is 2.53 bits per heavy atom. The summed E-state index contributed by atoms with van der Waals surface area (Å²) in [5.41, 5.74) is -0.436. The van der Waals surface area contributed by atoms with Crippen LogP contribution >= 0.6 is 0 Å². The lowest BCUT2D eigenvalue weighted by Crippen LogP contribution is -2.43. The monoisotopic (exact) mass is 232 g/mol. The van der Waals surface area contributed by atoms with Gasteiger partial charge in [-0.05, 0) is 38.1 Å². The highest BCUT2D eigenvalue weighted by Gasteiger charge is 2.35. The number of hydrogen-bond acceptors (Lipinski definition) is 3. The number of nitrogens with one attached hydrogen (secondary N) is 1. The highest BCUT2D eigenvalue weighted by atomic mass is 16.5. The van der Waals surface area contributed by atoms with Crippen molar-refractivity contribution < 1.29 is 9.53 Å². The van der Waals surface area contributed by atoms with Crippen LogP contribution in [0.2, 0.25) is 5.82 Å². The summed E-state index contributed by atoms with van der Waals surface area (Å²) < 4.78 is 5.37. The van der Waals surface area contributed by atoms with Crippen molar-refractivity contribution in [2.45, 2.75) is 32.0 Å². The van der Waals surface area contributed by atoms with Gasteiger partial charge in [0, 0.05) is 12.8 Å². The van der Waals surface area contributed by atoms with Crippen molar-refractivity contribution in [1.82, 2.24) is 5.32 Å². The summed E-state index contributed by atoms with van der Waals surface area (Å²) in [6.07, 6.45) is 6.02. The largest absolute Gasteiger partial charge is 0.380 e. The van der Waals surface area contributed by atoms with Gasteiger partial charge in [-0.15, -0.1) is 0 Å². The molecule has 1 N–H and O–H groups in total. The molecule has 2 unspecified atom stereocenters. The number of carbonyl (C=O) groups is 1. The SMILES string of the molecule is [B]C1C=NC(NC(=O)C2(C)CCCOC2)=CC1. The highest BCUT2D eigenvalue weighted by molar-refractivity contribution is 6.20. The predicted molar refractivity (Wildman–Crippen MR) is 67.0 cm³/mol. The maximum atomic E-state index is 12.1. The van der Waals surface area contributed by atoms with Crippen LogP contribution in [0.1, 0.15) is 26.2 Å². The average Bonchev–Trinajstić information content (AvgIpc) is 2.33. The van der Waals surface area contributed by atoms with Gasteiger partial charge in [0.2, 0.25) is 5.91 Å². The molecular weight excluding hydrogens is 215 g/mol. The van der Waals surface area contributed by atoms with E-state index in [1.807, 2.05) is 13.0 Å². The van der Waals surface area contributed by atoms with Crippen LogP contribution in [-0.2, 0) is 9.53 Å². The van der Waals surface area contributed by atoms with E-state index in [0.717, 1.165) is 19.4 Å². The zero-order valence-electron chi connectivity index (χ0n) is 10.1. The number of nitrogens with zero attached hydrogens (tertiary/aromatic N) is 1. The Morgan fingerprint density at radius 1 is 1.71 bits per heavy atom. The minimum absolute atomic E-state index is 0.0175. The molecule has 90 valence electrons. The fraction of sp³-hybridized carbons (Fsp3) is 0.667. The number of ether oxygens (including phenoxy) is 1. The second-order valence-electron chi connectivity index (χ2n) is 4.94. The minimum Gasteiger partial charge on any atom is -0.380 e. The molecule has 2 atom stereocenters. The van der Waals surface area contributed by atoms with Gasteiger partial charge in [-0.1, -0.05) is 0 Å². The molecule has 17 heavy (non-hydrogen) atoms. The van der Waals surface area contributed by atoms with Crippen LogP contribution in [0.3, 0.4) is 0 Å². The Bertz CT molecular complexity index is 360. The van der Waals surface area contributed by atoms with E-state index in [1.165, 1.54) is 0 Å². The molecule has 2 aliphatic rings. The van der Waals surface area contributed by atoms with E-state index in [-0.39, 0.29) is 11.7 Å². The molecule has 0 aliphatic carbocycles. The lowest BCUT2D eigenvalue weighted by atomic mass is 9.83. The molecule has 0 bridgehead atoms. The van der Waals surface area contributed by atoms with Crippen LogP contribution in [0.5, 0.6) is 0 Å². The summed E-state index contributed by atoms with van der Waals surface area (Å²) in [5, 5.41) is 2.84. The molecular formula is C12H17BN2O2. The molecule has 2 rings (SSSR count). The molecule has 4 nitrogen and oxygen atoms in total. The van der Waals surface area contributed by atoms with Crippen LogP contribution in [0.15, 0.2) is 16.9 Å². The lowest BCUT2D eigenvalue weighted by molar-refractivity contribution is -0.136. The van der Waals surface area contributed by atoms with Gasteiger partial charge in [0.15, 0.2) is 0 Å². The molecule has 0 aromatic rings. The highest BCUT2D eigenvalue weighted by Crippen LogP contribution is 2.28. The van der Waals surface area contributed by atoms with Crippen molar-refractivity contribution in [1.29, 1.82) is 0 Å². The van der Waals surface area contributed by atoms with Crippen molar-refractivity contribution >= 4 is 20.0 Å². The number of amides is 1. The minimum atomic E-state index is -0.436. The molecule has 1 fully saturated rings. The summed E-state index contributed by atoms with van der Waals surface area (Å²) >= 11 is 0. The quantitative estimate of drug-likeness (QED) is 0.727. The molecule has 2 aliphatic heterocycles. The maximum Gasteiger partial charge on any atom is 0.233 e. The first-order valence-electron chi connectivity index (χ1n) is 5.99. The van der Waals surface area contributed by atoms with Crippen molar-refractivity contribution in [2.24, 2.45) is 10.4 Å². The van der Waals surface area contributed by atoms with E-state index >= 15 is 0 Å². The Morgan fingerprint density at radius 3 is 3.12 bits per heavy atom. The van der Waals surface area contributed by atoms with Gasteiger partial charge in [-0.2, -0.15) is 0 Å². The zero-order chi connectivity index (χ0) is 12.3. The van der Waals surface area contributed by atoms with E-state index in [9.17, 15) is 4.79 Å². The second-order valence-corrected chi connectivity index (χ2v) is 4.94. The average molecular weight is 232 g/mol. The fourth-order valence-electron chi connectivity index (χ4n) is 2.00. The third kappa shape index (κ3) is 2.97. The first-order chi connectivity index (χ1) is 8.10. The van der Waals surface area contributed by atoms with Gasteiger partial charge < -0.3 is 10.1 Å². The number of aliphatic imine (C=N–C) groups is 1. The van der Waals surface area contributed by atoms with Crippen molar-refractivity contribution in [3.8, 4) is 0 Å². The Hall–Kier alpha value is -1.10. The number of hydrogen-bond donors (Lipinski definition) is 1. The molecule has 0 aromatic carbocycles. The van der Waals surface area contributed by atoms with Gasteiger partial charge in [0.1, 0.15) is 5.82 Å². The summed E-state index contributed by atoms with van der Waals surface area (Å²) in [7, 11) is 5.67. The van der Waals surface area contributed by atoms with Crippen molar-refractivity contribution in [3.05, 3.63) is 11.9 Å². The molecule has 5 heteroatoms. The molecule has 2 heterocycles. The summed E-state index contributed by atoms with van der Waals surface area (Å²) in [4.78, 5) is 16.2. The number of rotatable bonds is 2. The van der Waals surface area contributed by atoms with E-state index in [2.05, 4.69) is 10.3 Å². The van der Waals surface area contributed by atoms with Crippen molar-refractivity contribution in [2.75, 3.05) is 13.2 Å². The van der Waals surface area contributed by atoms with E-state index in [4.69, 9.17) is 12.6 Å². The first kappa shape index (κ1) is 12.4. The van der Waals surface area contributed by atoms with Gasteiger partial charge in [-0.25, -0.2) is 4.99 Å². The predicted octanol–water partition coefficient (Wildman–Crippen LogP) is 1.19.